The van der Waals surface area contributed by atoms with Crippen molar-refractivity contribution in [3.8, 4) is 0 Å². The van der Waals surface area contributed by atoms with Gasteiger partial charge in [0.15, 0.2) is 0 Å². The quantitative estimate of drug-likeness (QED) is 0.724. The fourth-order valence-electron chi connectivity index (χ4n) is 1.46. The summed E-state index contributed by atoms with van der Waals surface area (Å²) in [6.07, 6.45) is 2.22. The lowest BCUT2D eigenvalue weighted by atomic mass is 10.3. The maximum absolute atomic E-state index is 11.7. The molecule has 1 aromatic carbocycles. The van der Waals surface area contributed by atoms with Crippen LogP contribution in [0, 0.1) is 0 Å². The van der Waals surface area contributed by atoms with Gasteiger partial charge in [0.2, 0.25) is 0 Å². The van der Waals surface area contributed by atoms with Gasteiger partial charge >= 0.3 is 6.03 Å². The highest BCUT2D eigenvalue weighted by Gasteiger charge is 2.29. The molecule has 0 atom stereocenters. The third kappa shape index (κ3) is 2.40. The molecule has 15 heavy (non-hydrogen) atoms. The molecule has 0 unspecified atom stereocenters. The van der Waals surface area contributed by atoms with Gasteiger partial charge in [-0.1, -0.05) is 6.07 Å². The largest absolute Gasteiger partial charge is 0.399 e. The summed E-state index contributed by atoms with van der Waals surface area (Å²) in [5, 5.41) is 2.81. The molecule has 1 aliphatic carbocycles. The summed E-state index contributed by atoms with van der Waals surface area (Å²) in [7, 11) is 1.82. The average Bonchev–Trinajstić information content (AvgIpc) is 2.99. The molecule has 4 heteroatoms. The minimum absolute atomic E-state index is 0.0666. The molecule has 80 valence electrons. The van der Waals surface area contributed by atoms with Crippen LogP contribution in [0.15, 0.2) is 24.3 Å². The van der Waals surface area contributed by atoms with E-state index in [1.165, 1.54) is 0 Å². The summed E-state index contributed by atoms with van der Waals surface area (Å²) in [4.78, 5) is 13.4. The first-order valence-electron chi connectivity index (χ1n) is 5.06. The van der Waals surface area contributed by atoms with Gasteiger partial charge in [-0.15, -0.1) is 0 Å². The Balaban J connectivity index is 1.98. The maximum atomic E-state index is 11.7. The van der Waals surface area contributed by atoms with E-state index < -0.39 is 0 Å². The number of anilines is 2. The summed E-state index contributed by atoms with van der Waals surface area (Å²) in [6, 6.07) is 7.55. The van der Waals surface area contributed by atoms with Crippen molar-refractivity contribution in [3.05, 3.63) is 24.3 Å². The van der Waals surface area contributed by atoms with Crippen molar-refractivity contribution in [2.75, 3.05) is 18.1 Å². The Hall–Kier alpha value is -1.71. The normalized spacial score (nSPS) is 14.7. The van der Waals surface area contributed by atoms with Crippen molar-refractivity contribution in [1.82, 2.24) is 4.90 Å². The van der Waals surface area contributed by atoms with Gasteiger partial charge in [0.1, 0.15) is 0 Å². The number of benzene rings is 1. The van der Waals surface area contributed by atoms with Crippen LogP contribution in [-0.2, 0) is 0 Å². The molecule has 1 saturated carbocycles. The van der Waals surface area contributed by atoms with Crippen LogP contribution in [-0.4, -0.2) is 24.0 Å². The lowest BCUT2D eigenvalue weighted by Crippen LogP contribution is -2.33. The molecule has 0 saturated heterocycles. The Morgan fingerprint density at radius 2 is 2.27 bits per heavy atom. The van der Waals surface area contributed by atoms with E-state index in [0.29, 0.717) is 11.7 Å². The summed E-state index contributed by atoms with van der Waals surface area (Å²) < 4.78 is 0. The third-order valence-electron chi connectivity index (χ3n) is 2.55. The summed E-state index contributed by atoms with van der Waals surface area (Å²) in [5.74, 6) is 0. The standard InChI is InChI=1S/C11H15N3O/c1-14(10-5-6-10)11(15)13-9-4-2-3-8(12)7-9/h2-4,7,10H,5-6,12H2,1H3,(H,13,15). The number of hydrogen-bond acceptors (Lipinski definition) is 2. The van der Waals surface area contributed by atoms with Crippen LogP contribution in [0.2, 0.25) is 0 Å². The van der Waals surface area contributed by atoms with Crippen LogP contribution in [0.3, 0.4) is 0 Å². The number of rotatable bonds is 2. The Morgan fingerprint density at radius 1 is 1.53 bits per heavy atom. The van der Waals surface area contributed by atoms with Crippen LogP contribution >= 0.6 is 0 Å². The van der Waals surface area contributed by atoms with Gasteiger partial charge in [0.05, 0.1) is 0 Å². The second kappa shape index (κ2) is 3.81. The zero-order valence-electron chi connectivity index (χ0n) is 8.73. The highest BCUT2D eigenvalue weighted by atomic mass is 16.2. The molecule has 4 nitrogen and oxygen atoms in total. The highest BCUT2D eigenvalue weighted by Crippen LogP contribution is 2.25. The molecule has 0 spiro atoms. The Labute approximate surface area is 89.1 Å². The van der Waals surface area contributed by atoms with Crippen molar-refractivity contribution in [2.45, 2.75) is 18.9 Å². The minimum Gasteiger partial charge on any atom is -0.399 e. The topological polar surface area (TPSA) is 58.4 Å². The van der Waals surface area contributed by atoms with Crippen molar-refractivity contribution < 1.29 is 4.79 Å². The molecule has 0 radical (unpaired) electrons. The molecule has 2 amide bonds. The van der Waals surface area contributed by atoms with E-state index in [2.05, 4.69) is 5.32 Å². The maximum Gasteiger partial charge on any atom is 0.321 e. The predicted molar refractivity (Wildman–Crippen MR) is 60.7 cm³/mol. The van der Waals surface area contributed by atoms with Crippen molar-refractivity contribution in [2.24, 2.45) is 0 Å². The Bertz CT molecular complexity index is 374. The number of nitrogens with one attached hydrogen (secondary N) is 1. The van der Waals surface area contributed by atoms with Crippen LogP contribution in [0.4, 0.5) is 16.2 Å². The second-order valence-corrected chi connectivity index (χ2v) is 3.90. The SMILES string of the molecule is CN(C(=O)Nc1cccc(N)c1)C1CC1. The van der Waals surface area contributed by atoms with Gasteiger partial charge in [-0.2, -0.15) is 0 Å². The summed E-state index contributed by atoms with van der Waals surface area (Å²) in [5.41, 5.74) is 7.02. The molecular formula is C11H15N3O. The van der Waals surface area contributed by atoms with E-state index in [9.17, 15) is 4.79 Å². The number of carbonyl (C=O) groups is 1. The smallest absolute Gasteiger partial charge is 0.321 e. The first-order chi connectivity index (χ1) is 7.16. The fourth-order valence-corrected chi connectivity index (χ4v) is 1.46. The van der Waals surface area contributed by atoms with E-state index in [0.717, 1.165) is 18.5 Å². The zero-order valence-corrected chi connectivity index (χ0v) is 8.73. The van der Waals surface area contributed by atoms with Crippen LogP contribution in [0.25, 0.3) is 0 Å². The van der Waals surface area contributed by atoms with Gasteiger partial charge in [-0.25, -0.2) is 4.79 Å². The van der Waals surface area contributed by atoms with Gasteiger partial charge in [-0.3, -0.25) is 0 Å². The first kappa shape index (κ1) is 9.83. The van der Waals surface area contributed by atoms with E-state index in [1.54, 1.807) is 17.0 Å². The van der Waals surface area contributed by atoms with E-state index in [-0.39, 0.29) is 6.03 Å². The molecule has 0 heterocycles. The second-order valence-electron chi connectivity index (χ2n) is 3.90. The minimum atomic E-state index is -0.0666. The summed E-state index contributed by atoms with van der Waals surface area (Å²) >= 11 is 0. The molecule has 1 aromatic rings. The number of amides is 2. The van der Waals surface area contributed by atoms with Crippen LogP contribution in [0.5, 0.6) is 0 Å². The van der Waals surface area contributed by atoms with Crippen LogP contribution < -0.4 is 11.1 Å². The number of carbonyl (C=O) groups excluding carboxylic acids is 1. The third-order valence-corrected chi connectivity index (χ3v) is 2.55. The molecular weight excluding hydrogens is 190 g/mol. The number of nitrogens with two attached hydrogens (primary N) is 1. The van der Waals surface area contributed by atoms with Crippen molar-refractivity contribution in [1.29, 1.82) is 0 Å². The number of nitrogens with zero attached hydrogens (tertiary/aromatic N) is 1. The lowest BCUT2D eigenvalue weighted by Gasteiger charge is -2.17. The highest BCUT2D eigenvalue weighted by molar-refractivity contribution is 5.90. The van der Waals surface area contributed by atoms with E-state index in [4.69, 9.17) is 5.73 Å². The lowest BCUT2D eigenvalue weighted by molar-refractivity contribution is 0.220. The fraction of sp³-hybridized carbons (Fsp3) is 0.364. The van der Waals surface area contributed by atoms with Gasteiger partial charge in [0, 0.05) is 24.5 Å². The molecule has 0 aromatic heterocycles. The van der Waals surface area contributed by atoms with E-state index >= 15 is 0 Å². The van der Waals surface area contributed by atoms with Crippen molar-refractivity contribution in [3.63, 3.8) is 0 Å². The van der Waals surface area contributed by atoms with Crippen LogP contribution in [0.1, 0.15) is 12.8 Å². The monoisotopic (exact) mass is 205 g/mol. The molecule has 0 aliphatic heterocycles. The average molecular weight is 205 g/mol. The predicted octanol–water partition coefficient (Wildman–Crippen LogP) is 1.89. The molecule has 3 N–H and O–H groups in total. The van der Waals surface area contributed by atoms with Crippen molar-refractivity contribution >= 4 is 17.4 Å². The molecule has 2 rings (SSSR count). The molecule has 0 bridgehead atoms. The van der Waals surface area contributed by atoms with E-state index in [1.807, 2.05) is 19.2 Å². The Morgan fingerprint density at radius 3 is 2.87 bits per heavy atom. The first-order valence-corrected chi connectivity index (χ1v) is 5.06. The number of urea groups is 1. The van der Waals surface area contributed by atoms with Gasteiger partial charge in [-0.05, 0) is 31.0 Å². The molecule has 1 fully saturated rings. The zero-order chi connectivity index (χ0) is 10.8. The summed E-state index contributed by atoms with van der Waals surface area (Å²) in [6.45, 7) is 0. The van der Waals surface area contributed by atoms with Gasteiger partial charge < -0.3 is 16.0 Å². The van der Waals surface area contributed by atoms with Gasteiger partial charge in [0.25, 0.3) is 0 Å². The number of nitrogen functional groups attached to an aromatic ring is 1. The number of hydrogen-bond donors (Lipinski definition) is 2. The molecule has 1 aliphatic rings. The Kier molecular flexibility index (Phi) is 2.49.